The molecule has 0 radical (unpaired) electrons. The molecule has 2 aromatic rings. The summed E-state index contributed by atoms with van der Waals surface area (Å²) in [5.41, 5.74) is 2.63. The minimum absolute atomic E-state index is 0.116. The van der Waals surface area contributed by atoms with Crippen LogP contribution in [0.1, 0.15) is 42.3 Å². The highest BCUT2D eigenvalue weighted by Crippen LogP contribution is 2.26. The fourth-order valence-electron chi connectivity index (χ4n) is 2.08. The molecule has 6 heteroatoms. The zero-order valence-electron chi connectivity index (χ0n) is 14.0. The Balaban J connectivity index is 2.29. The van der Waals surface area contributed by atoms with Crippen molar-refractivity contribution in [3.05, 3.63) is 51.2 Å². The Kier molecular flexibility index (Phi) is 4.96. The normalized spacial score (nSPS) is 12.7. The van der Waals surface area contributed by atoms with Crippen LogP contribution in [-0.2, 0) is 15.4 Å². The van der Waals surface area contributed by atoms with E-state index >= 15 is 0 Å². The van der Waals surface area contributed by atoms with Crippen molar-refractivity contribution in [1.82, 2.24) is 4.83 Å². The number of hydrogen-bond donors (Lipinski definition) is 1. The molecule has 0 aliphatic carbocycles. The van der Waals surface area contributed by atoms with Crippen molar-refractivity contribution in [1.29, 1.82) is 0 Å². The van der Waals surface area contributed by atoms with Crippen molar-refractivity contribution in [3.63, 3.8) is 0 Å². The van der Waals surface area contributed by atoms with Gasteiger partial charge in [0.25, 0.3) is 10.0 Å². The molecule has 0 amide bonds. The van der Waals surface area contributed by atoms with E-state index < -0.39 is 10.0 Å². The van der Waals surface area contributed by atoms with Crippen molar-refractivity contribution in [2.45, 2.75) is 44.9 Å². The Labute approximate surface area is 142 Å². The average molecular weight is 351 g/mol. The lowest BCUT2D eigenvalue weighted by Gasteiger charge is -2.20. The third-order valence-electron chi connectivity index (χ3n) is 3.60. The van der Waals surface area contributed by atoms with Gasteiger partial charge >= 0.3 is 0 Å². The molecule has 1 aromatic heterocycles. The lowest BCUT2D eigenvalue weighted by Crippen LogP contribution is -2.21. The number of rotatable bonds is 4. The van der Waals surface area contributed by atoms with E-state index in [1.165, 1.54) is 11.3 Å². The van der Waals surface area contributed by atoms with Crippen LogP contribution in [-0.4, -0.2) is 14.6 Å². The number of nitrogens with one attached hydrogen (secondary N) is 1. The number of benzene rings is 1. The number of nitrogens with zero attached hydrogens (tertiary/aromatic N) is 1. The van der Waals surface area contributed by atoms with E-state index in [2.05, 4.69) is 30.7 Å². The van der Waals surface area contributed by atoms with E-state index in [0.29, 0.717) is 5.56 Å². The predicted octanol–water partition coefficient (Wildman–Crippen LogP) is 3.97. The van der Waals surface area contributed by atoms with Crippen molar-refractivity contribution < 1.29 is 8.42 Å². The van der Waals surface area contributed by atoms with Crippen molar-refractivity contribution in [2.75, 3.05) is 0 Å². The smallest absolute Gasteiger partial charge is 0.200 e. The fourth-order valence-corrected chi connectivity index (χ4v) is 3.93. The van der Waals surface area contributed by atoms with Gasteiger partial charge in [-0.3, -0.25) is 0 Å². The summed E-state index contributed by atoms with van der Waals surface area (Å²) in [6.07, 6.45) is 1.54. The van der Waals surface area contributed by atoms with Gasteiger partial charge in [-0.2, -0.15) is 13.5 Å². The van der Waals surface area contributed by atoms with E-state index in [4.69, 9.17) is 0 Å². The molecule has 0 bridgehead atoms. The van der Waals surface area contributed by atoms with Crippen LogP contribution in [0, 0.1) is 13.8 Å². The molecule has 1 heterocycles. The van der Waals surface area contributed by atoms with Crippen LogP contribution >= 0.6 is 11.3 Å². The second-order valence-electron chi connectivity index (χ2n) is 6.55. The highest BCUT2D eigenvalue weighted by atomic mass is 32.2. The zero-order chi connectivity index (χ0) is 17.3. The number of thiophene rings is 1. The molecule has 2 rings (SSSR count). The molecule has 23 heavy (non-hydrogen) atoms. The van der Waals surface area contributed by atoms with Gasteiger partial charge in [-0.15, -0.1) is 11.3 Å². The summed E-state index contributed by atoms with van der Waals surface area (Å²) in [7, 11) is -3.68. The molecule has 0 atom stereocenters. The van der Waals surface area contributed by atoms with Crippen molar-refractivity contribution in [2.24, 2.45) is 5.10 Å². The van der Waals surface area contributed by atoms with E-state index in [1.54, 1.807) is 19.2 Å². The van der Waals surface area contributed by atoms with Crippen LogP contribution in [0.2, 0.25) is 0 Å². The van der Waals surface area contributed by atoms with Gasteiger partial charge in [0, 0.05) is 0 Å². The van der Waals surface area contributed by atoms with Gasteiger partial charge in [0.15, 0.2) is 0 Å². The molecular weight excluding hydrogens is 328 g/mol. The topological polar surface area (TPSA) is 58.5 Å². The largest absolute Gasteiger partial charge is 0.276 e. The van der Waals surface area contributed by atoms with E-state index in [-0.39, 0.29) is 10.3 Å². The number of hydrazone groups is 1. The summed E-state index contributed by atoms with van der Waals surface area (Å²) < 4.78 is 25.0. The maximum Gasteiger partial charge on any atom is 0.276 e. The summed E-state index contributed by atoms with van der Waals surface area (Å²) in [4.78, 5) is 3.51. The molecular formula is C17H22N2O2S2. The summed E-state index contributed by atoms with van der Waals surface area (Å²) in [5, 5.41) is 5.85. The zero-order valence-corrected chi connectivity index (χ0v) is 15.7. The first-order valence-electron chi connectivity index (χ1n) is 7.31. The SMILES string of the molecule is Cc1ccc(C(C)(C)C)cc1S(=O)(=O)N/N=C/c1sccc1C. The maximum absolute atomic E-state index is 12.5. The average Bonchev–Trinajstić information content (AvgIpc) is 2.83. The highest BCUT2D eigenvalue weighted by molar-refractivity contribution is 7.89. The molecule has 0 saturated carbocycles. The van der Waals surface area contributed by atoms with Crippen molar-refractivity contribution in [3.8, 4) is 0 Å². The third-order valence-corrected chi connectivity index (χ3v) is 5.92. The lowest BCUT2D eigenvalue weighted by molar-refractivity contribution is 0.577. The molecule has 0 saturated heterocycles. The molecule has 124 valence electrons. The molecule has 4 nitrogen and oxygen atoms in total. The standard InChI is InChI=1S/C17H22N2O2S2/c1-12-8-9-22-15(12)11-18-19-23(20,21)16-10-14(17(3,4)5)7-6-13(16)2/h6-11,19H,1-5H3/b18-11+. The first kappa shape index (κ1) is 17.7. The molecule has 0 spiro atoms. The minimum Gasteiger partial charge on any atom is -0.200 e. The van der Waals surface area contributed by atoms with E-state index in [0.717, 1.165) is 16.0 Å². The molecule has 0 aliphatic heterocycles. The third kappa shape index (κ3) is 4.20. The van der Waals surface area contributed by atoms with Gasteiger partial charge in [0.05, 0.1) is 16.0 Å². The molecule has 1 N–H and O–H groups in total. The van der Waals surface area contributed by atoms with Gasteiger partial charge < -0.3 is 0 Å². The monoisotopic (exact) mass is 350 g/mol. The van der Waals surface area contributed by atoms with Crippen LogP contribution in [0.25, 0.3) is 0 Å². The molecule has 0 fully saturated rings. The summed E-state index contributed by atoms with van der Waals surface area (Å²) in [6, 6.07) is 7.50. The summed E-state index contributed by atoms with van der Waals surface area (Å²) >= 11 is 1.52. The Bertz CT molecular complexity index is 829. The van der Waals surface area contributed by atoms with Crippen LogP contribution in [0.5, 0.6) is 0 Å². The fraction of sp³-hybridized carbons (Fsp3) is 0.353. The summed E-state index contributed by atoms with van der Waals surface area (Å²) in [6.45, 7) is 9.91. The first-order chi connectivity index (χ1) is 10.6. The Morgan fingerprint density at radius 2 is 1.83 bits per heavy atom. The second-order valence-corrected chi connectivity index (χ2v) is 9.13. The molecule has 1 aromatic carbocycles. The van der Waals surface area contributed by atoms with Gasteiger partial charge in [0.1, 0.15) is 0 Å². The maximum atomic E-state index is 12.5. The number of aryl methyl sites for hydroxylation is 2. The van der Waals surface area contributed by atoms with Gasteiger partial charge in [-0.05, 0) is 53.5 Å². The Morgan fingerprint density at radius 3 is 2.39 bits per heavy atom. The first-order valence-corrected chi connectivity index (χ1v) is 9.67. The van der Waals surface area contributed by atoms with Gasteiger partial charge in [-0.1, -0.05) is 32.9 Å². The quantitative estimate of drug-likeness (QED) is 0.670. The van der Waals surface area contributed by atoms with Crippen LogP contribution in [0.3, 0.4) is 0 Å². The summed E-state index contributed by atoms with van der Waals surface area (Å²) in [5.74, 6) is 0. The number of sulfonamides is 1. The van der Waals surface area contributed by atoms with E-state index in [9.17, 15) is 8.42 Å². The van der Waals surface area contributed by atoms with Crippen molar-refractivity contribution >= 4 is 27.6 Å². The second kappa shape index (κ2) is 6.45. The Morgan fingerprint density at radius 1 is 1.13 bits per heavy atom. The van der Waals surface area contributed by atoms with Crippen LogP contribution in [0.4, 0.5) is 0 Å². The lowest BCUT2D eigenvalue weighted by atomic mass is 9.87. The van der Waals surface area contributed by atoms with Gasteiger partial charge in [0.2, 0.25) is 0 Å². The molecule has 0 aliphatic rings. The Hall–Kier alpha value is -1.66. The van der Waals surface area contributed by atoms with Crippen LogP contribution in [0.15, 0.2) is 39.6 Å². The van der Waals surface area contributed by atoms with E-state index in [1.807, 2.05) is 30.5 Å². The van der Waals surface area contributed by atoms with Crippen LogP contribution < -0.4 is 4.83 Å². The van der Waals surface area contributed by atoms with Gasteiger partial charge in [-0.25, -0.2) is 4.83 Å². The minimum atomic E-state index is -3.68. The number of hydrogen-bond acceptors (Lipinski definition) is 4. The molecule has 0 unspecified atom stereocenters. The highest BCUT2D eigenvalue weighted by Gasteiger charge is 2.21. The predicted molar refractivity (Wildman–Crippen MR) is 96.9 cm³/mol.